The number of amides is 1. The smallest absolute Gasteiger partial charge is 0.267 e. The Bertz CT molecular complexity index is 780. The van der Waals surface area contributed by atoms with Gasteiger partial charge in [-0.25, -0.2) is 4.98 Å². The fourth-order valence-electron chi connectivity index (χ4n) is 3.90. The third-order valence-corrected chi connectivity index (χ3v) is 5.46. The number of benzene rings is 1. The molecule has 144 valence electrons. The van der Waals surface area contributed by atoms with E-state index in [1.807, 2.05) is 35.4 Å². The van der Waals surface area contributed by atoms with Gasteiger partial charge in [-0.05, 0) is 31.4 Å². The number of carbonyl (C=O) groups excluding carboxylic acids is 1. The summed E-state index contributed by atoms with van der Waals surface area (Å²) in [7, 11) is 0. The second kappa shape index (κ2) is 8.03. The molecule has 4 rings (SSSR count). The number of piperidine rings is 1. The van der Waals surface area contributed by atoms with Gasteiger partial charge in [0.25, 0.3) is 5.91 Å². The molecule has 2 aliphatic heterocycles. The summed E-state index contributed by atoms with van der Waals surface area (Å²) in [6.07, 6.45) is 7.65. The molecule has 2 aliphatic rings. The quantitative estimate of drug-likeness (QED) is 0.812. The lowest BCUT2D eigenvalue weighted by Crippen LogP contribution is -2.49. The van der Waals surface area contributed by atoms with Crippen molar-refractivity contribution in [2.45, 2.75) is 51.2 Å². The van der Waals surface area contributed by atoms with Crippen molar-refractivity contribution in [1.29, 1.82) is 0 Å². The fraction of sp³-hybridized carbons (Fsp3) is 0.524. The monoisotopic (exact) mass is 369 g/mol. The zero-order valence-corrected chi connectivity index (χ0v) is 15.8. The van der Waals surface area contributed by atoms with Crippen molar-refractivity contribution < 1.29 is 14.3 Å². The van der Waals surface area contributed by atoms with Gasteiger partial charge in [-0.1, -0.05) is 25.5 Å². The second-order valence-electron chi connectivity index (χ2n) is 7.30. The Morgan fingerprint density at radius 2 is 2.00 bits per heavy atom. The summed E-state index contributed by atoms with van der Waals surface area (Å²) >= 11 is 0. The Hall–Kier alpha value is -2.50. The van der Waals surface area contributed by atoms with Crippen molar-refractivity contribution >= 4 is 5.91 Å². The molecule has 1 amide bonds. The first kappa shape index (κ1) is 17.9. The maximum Gasteiger partial charge on any atom is 0.267 e. The van der Waals surface area contributed by atoms with Gasteiger partial charge in [0.1, 0.15) is 12.4 Å². The van der Waals surface area contributed by atoms with Gasteiger partial charge in [0.15, 0.2) is 11.5 Å². The Kier molecular flexibility index (Phi) is 5.32. The van der Waals surface area contributed by atoms with Crippen molar-refractivity contribution in [3.63, 3.8) is 0 Å². The van der Waals surface area contributed by atoms with E-state index in [1.54, 1.807) is 0 Å². The number of imidazole rings is 1. The van der Waals surface area contributed by atoms with Crippen LogP contribution in [0.5, 0.6) is 11.5 Å². The van der Waals surface area contributed by atoms with E-state index in [0.29, 0.717) is 17.4 Å². The van der Waals surface area contributed by atoms with Crippen LogP contribution in [0.25, 0.3) is 0 Å². The van der Waals surface area contributed by atoms with Crippen LogP contribution in [0.3, 0.4) is 0 Å². The summed E-state index contributed by atoms with van der Waals surface area (Å²) in [5.41, 5.74) is 0. The number of hydrogen-bond donors (Lipinski definition) is 0. The number of hydrogen-bond acceptors (Lipinski definition) is 4. The number of para-hydroxylation sites is 2. The van der Waals surface area contributed by atoms with Crippen LogP contribution in [0, 0.1) is 0 Å². The van der Waals surface area contributed by atoms with E-state index in [2.05, 4.69) is 22.7 Å². The zero-order chi connectivity index (χ0) is 18.6. The third-order valence-electron chi connectivity index (χ3n) is 5.46. The second-order valence-corrected chi connectivity index (χ2v) is 7.30. The maximum atomic E-state index is 12.9. The molecule has 1 aromatic heterocycles. The Balaban J connectivity index is 1.34. The molecule has 1 unspecified atom stereocenters. The molecule has 0 bridgehead atoms. The zero-order valence-electron chi connectivity index (χ0n) is 15.8. The Morgan fingerprint density at radius 1 is 1.22 bits per heavy atom. The molecule has 0 saturated carbocycles. The number of unbranched alkanes of at least 4 members (excludes halogenated alkanes) is 1. The van der Waals surface area contributed by atoms with Crippen molar-refractivity contribution in [3.05, 3.63) is 42.5 Å². The highest BCUT2D eigenvalue weighted by Crippen LogP contribution is 2.32. The highest BCUT2D eigenvalue weighted by molar-refractivity contribution is 5.82. The van der Waals surface area contributed by atoms with E-state index >= 15 is 0 Å². The van der Waals surface area contributed by atoms with Crippen molar-refractivity contribution in [3.8, 4) is 11.5 Å². The molecule has 3 heterocycles. The van der Waals surface area contributed by atoms with Crippen molar-refractivity contribution in [1.82, 2.24) is 14.5 Å². The normalized spacial score (nSPS) is 19.9. The summed E-state index contributed by atoms with van der Waals surface area (Å²) < 4.78 is 13.9. The average Bonchev–Trinajstić information content (AvgIpc) is 3.20. The summed E-state index contributed by atoms with van der Waals surface area (Å²) in [5.74, 6) is 2.97. The summed E-state index contributed by atoms with van der Waals surface area (Å²) in [4.78, 5) is 19.4. The van der Waals surface area contributed by atoms with E-state index < -0.39 is 6.10 Å². The molecular formula is C21H27N3O3. The summed E-state index contributed by atoms with van der Waals surface area (Å²) in [5, 5.41) is 0. The van der Waals surface area contributed by atoms with Crippen LogP contribution in [0.4, 0.5) is 0 Å². The van der Waals surface area contributed by atoms with E-state index in [1.165, 1.54) is 18.7 Å². The van der Waals surface area contributed by atoms with E-state index in [4.69, 9.17) is 9.47 Å². The van der Waals surface area contributed by atoms with Gasteiger partial charge in [0, 0.05) is 37.9 Å². The molecule has 0 N–H and O–H groups in total. The van der Waals surface area contributed by atoms with Crippen LogP contribution in [0.1, 0.15) is 44.3 Å². The number of likely N-dealkylation sites (tertiary alicyclic amines) is 1. The van der Waals surface area contributed by atoms with Crippen molar-refractivity contribution in [2.75, 3.05) is 19.7 Å². The molecule has 6 heteroatoms. The fourth-order valence-corrected chi connectivity index (χ4v) is 3.90. The molecule has 1 atom stereocenters. The van der Waals surface area contributed by atoms with Gasteiger partial charge in [-0.3, -0.25) is 4.79 Å². The summed E-state index contributed by atoms with van der Waals surface area (Å²) in [6, 6.07) is 7.50. The molecule has 0 aliphatic carbocycles. The lowest BCUT2D eigenvalue weighted by Gasteiger charge is -2.35. The largest absolute Gasteiger partial charge is 0.485 e. The first-order valence-electron chi connectivity index (χ1n) is 9.94. The first-order chi connectivity index (χ1) is 13.3. The predicted octanol–water partition coefficient (Wildman–Crippen LogP) is 3.23. The molecule has 1 aromatic carbocycles. The molecular weight excluding hydrogens is 342 g/mol. The molecule has 1 saturated heterocycles. The number of aromatic nitrogens is 2. The lowest BCUT2D eigenvalue weighted by molar-refractivity contribution is -0.142. The van der Waals surface area contributed by atoms with Crippen molar-refractivity contribution in [2.24, 2.45) is 0 Å². The van der Waals surface area contributed by atoms with Gasteiger partial charge in [0.2, 0.25) is 6.10 Å². The minimum atomic E-state index is -0.553. The van der Waals surface area contributed by atoms with Gasteiger partial charge >= 0.3 is 0 Å². The number of nitrogens with zero attached hydrogens (tertiary/aromatic N) is 3. The predicted molar refractivity (Wildman–Crippen MR) is 102 cm³/mol. The van der Waals surface area contributed by atoms with Gasteiger partial charge in [-0.15, -0.1) is 0 Å². The standard InChI is InChI=1S/C21H27N3O3/c1-2-3-11-23-14-10-22-20(23)16-8-12-24(13-9-16)21(25)19-15-26-17-6-4-5-7-18(17)27-19/h4-7,10,14,16,19H,2-3,8-9,11-13,15H2,1H3. The lowest BCUT2D eigenvalue weighted by atomic mass is 9.95. The first-order valence-corrected chi connectivity index (χ1v) is 9.94. The number of ether oxygens (including phenoxy) is 2. The third kappa shape index (κ3) is 3.80. The molecule has 0 spiro atoms. The number of rotatable bonds is 5. The number of fused-ring (bicyclic) bond motifs is 1. The van der Waals surface area contributed by atoms with Crippen LogP contribution in [-0.4, -0.2) is 46.2 Å². The number of carbonyl (C=O) groups is 1. The minimum absolute atomic E-state index is 0.0253. The minimum Gasteiger partial charge on any atom is -0.485 e. The van der Waals surface area contributed by atoms with E-state index in [0.717, 1.165) is 32.5 Å². The highest BCUT2D eigenvalue weighted by atomic mass is 16.6. The Labute approximate surface area is 160 Å². The maximum absolute atomic E-state index is 12.9. The molecule has 1 fully saturated rings. The molecule has 2 aromatic rings. The van der Waals surface area contributed by atoms with Crippen LogP contribution >= 0.6 is 0 Å². The van der Waals surface area contributed by atoms with Crippen LogP contribution in [0.2, 0.25) is 0 Å². The highest BCUT2D eigenvalue weighted by Gasteiger charge is 2.34. The van der Waals surface area contributed by atoms with Crippen LogP contribution in [0.15, 0.2) is 36.7 Å². The topological polar surface area (TPSA) is 56.6 Å². The van der Waals surface area contributed by atoms with Gasteiger partial charge < -0.3 is 18.9 Å². The van der Waals surface area contributed by atoms with Crippen LogP contribution in [-0.2, 0) is 11.3 Å². The van der Waals surface area contributed by atoms with Gasteiger partial charge in [-0.2, -0.15) is 0 Å². The van der Waals surface area contributed by atoms with Crippen LogP contribution < -0.4 is 9.47 Å². The summed E-state index contributed by atoms with van der Waals surface area (Å²) in [6.45, 7) is 4.99. The molecule has 27 heavy (non-hydrogen) atoms. The average molecular weight is 369 g/mol. The Morgan fingerprint density at radius 3 is 2.78 bits per heavy atom. The molecule has 0 radical (unpaired) electrons. The van der Waals surface area contributed by atoms with Gasteiger partial charge in [0.05, 0.1) is 0 Å². The SMILES string of the molecule is CCCCn1ccnc1C1CCN(C(=O)C2COc3ccccc3O2)CC1. The van der Waals surface area contributed by atoms with E-state index in [-0.39, 0.29) is 12.5 Å². The number of aryl methyl sites for hydroxylation is 1. The molecule has 6 nitrogen and oxygen atoms in total. The van der Waals surface area contributed by atoms with E-state index in [9.17, 15) is 4.79 Å².